The standard InChI is InChI=1S/C18H29N3O.C2H6/c1-6-10-20(5)11-9-13(2)21-16-8-7-14(19)12-15(16)18(3,4)17(21)22;1-2/h7-8,12-13H,6,9-11,19H2,1-5H3;1-2H3. The molecule has 0 radical (unpaired) electrons. The first-order valence-electron chi connectivity index (χ1n) is 9.21. The van der Waals surface area contributed by atoms with Gasteiger partial charge in [-0.25, -0.2) is 0 Å². The molecule has 2 rings (SSSR count). The molecule has 1 unspecified atom stereocenters. The van der Waals surface area contributed by atoms with Crippen molar-refractivity contribution in [3.63, 3.8) is 0 Å². The number of amides is 1. The summed E-state index contributed by atoms with van der Waals surface area (Å²) < 4.78 is 0. The van der Waals surface area contributed by atoms with Crippen LogP contribution in [0.5, 0.6) is 0 Å². The van der Waals surface area contributed by atoms with Crippen LogP contribution in [0.4, 0.5) is 11.4 Å². The van der Waals surface area contributed by atoms with Crippen LogP contribution in [0, 0.1) is 0 Å². The number of nitrogens with two attached hydrogens (primary N) is 1. The Labute approximate surface area is 148 Å². The van der Waals surface area contributed by atoms with E-state index in [1.54, 1.807) is 0 Å². The first kappa shape index (κ1) is 20.5. The highest BCUT2D eigenvalue weighted by molar-refractivity contribution is 6.08. The van der Waals surface area contributed by atoms with Crippen molar-refractivity contribution in [3.05, 3.63) is 23.8 Å². The van der Waals surface area contributed by atoms with Gasteiger partial charge in [-0.2, -0.15) is 0 Å². The van der Waals surface area contributed by atoms with E-state index in [0.29, 0.717) is 0 Å². The molecule has 0 spiro atoms. The van der Waals surface area contributed by atoms with Crippen LogP contribution in [-0.2, 0) is 10.2 Å². The van der Waals surface area contributed by atoms with E-state index in [-0.39, 0.29) is 11.9 Å². The summed E-state index contributed by atoms with van der Waals surface area (Å²) in [5.41, 5.74) is 8.21. The first-order chi connectivity index (χ1) is 11.3. The fourth-order valence-corrected chi connectivity index (χ4v) is 3.26. The van der Waals surface area contributed by atoms with Crippen molar-refractivity contribution < 1.29 is 4.79 Å². The lowest BCUT2D eigenvalue weighted by Crippen LogP contribution is -2.42. The van der Waals surface area contributed by atoms with Crippen molar-refractivity contribution in [1.82, 2.24) is 4.90 Å². The Kier molecular flexibility index (Phi) is 7.27. The van der Waals surface area contributed by atoms with Crippen LogP contribution in [0.3, 0.4) is 0 Å². The zero-order chi connectivity index (χ0) is 18.5. The number of nitrogens with zero attached hydrogens (tertiary/aromatic N) is 2. The van der Waals surface area contributed by atoms with E-state index in [9.17, 15) is 4.79 Å². The molecule has 0 saturated carbocycles. The van der Waals surface area contributed by atoms with Gasteiger partial charge in [0.2, 0.25) is 5.91 Å². The Bertz CT molecular complexity index is 554. The van der Waals surface area contributed by atoms with Crippen molar-refractivity contribution in [2.24, 2.45) is 0 Å². The Morgan fingerprint density at radius 3 is 2.46 bits per heavy atom. The summed E-state index contributed by atoms with van der Waals surface area (Å²) in [6.45, 7) is 14.4. The van der Waals surface area contributed by atoms with Crippen molar-refractivity contribution >= 4 is 17.3 Å². The molecule has 0 bridgehead atoms. The minimum absolute atomic E-state index is 0.179. The molecule has 0 fully saturated rings. The molecule has 4 heteroatoms. The van der Waals surface area contributed by atoms with Crippen molar-refractivity contribution in [2.45, 2.75) is 65.8 Å². The number of hydrogen-bond donors (Lipinski definition) is 1. The van der Waals surface area contributed by atoms with E-state index in [1.165, 1.54) is 0 Å². The van der Waals surface area contributed by atoms with Gasteiger partial charge in [0, 0.05) is 17.4 Å². The number of benzene rings is 1. The second kappa shape index (κ2) is 8.52. The minimum Gasteiger partial charge on any atom is -0.399 e. The third-order valence-corrected chi connectivity index (χ3v) is 4.68. The maximum absolute atomic E-state index is 12.9. The van der Waals surface area contributed by atoms with Crippen LogP contribution in [0.25, 0.3) is 0 Å². The van der Waals surface area contributed by atoms with E-state index in [1.807, 2.05) is 50.8 Å². The van der Waals surface area contributed by atoms with E-state index in [2.05, 4.69) is 25.8 Å². The maximum atomic E-state index is 12.9. The lowest BCUT2D eigenvalue weighted by atomic mass is 9.86. The molecule has 1 aromatic rings. The molecule has 2 N–H and O–H groups in total. The number of rotatable bonds is 6. The Balaban J connectivity index is 0.00000139. The van der Waals surface area contributed by atoms with E-state index in [4.69, 9.17) is 5.73 Å². The molecule has 0 saturated heterocycles. The molecule has 1 atom stereocenters. The number of nitrogen functional groups attached to an aromatic ring is 1. The Morgan fingerprint density at radius 1 is 1.25 bits per heavy atom. The van der Waals surface area contributed by atoms with Gasteiger partial charge in [0.15, 0.2) is 0 Å². The summed E-state index contributed by atoms with van der Waals surface area (Å²) in [6, 6.07) is 6.01. The van der Waals surface area contributed by atoms with Crippen LogP contribution < -0.4 is 10.6 Å². The van der Waals surface area contributed by atoms with Crippen LogP contribution in [-0.4, -0.2) is 37.0 Å². The zero-order valence-corrected chi connectivity index (χ0v) is 16.5. The lowest BCUT2D eigenvalue weighted by molar-refractivity contribution is -0.122. The van der Waals surface area contributed by atoms with Gasteiger partial charge >= 0.3 is 0 Å². The quantitative estimate of drug-likeness (QED) is 0.799. The lowest BCUT2D eigenvalue weighted by Gasteiger charge is -2.28. The second-order valence-electron chi connectivity index (χ2n) is 7.02. The van der Waals surface area contributed by atoms with Crippen LogP contribution >= 0.6 is 0 Å². The SMILES string of the molecule is CC.CCCN(C)CCC(C)N1C(=O)C(C)(C)c2cc(N)ccc21. The monoisotopic (exact) mass is 333 g/mol. The fourth-order valence-electron chi connectivity index (χ4n) is 3.26. The van der Waals surface area contributed by atoms with Crippen LogP contribution in [0.1, 0.15) is 59.9 Å². The average Bonchev–Trinajstić information content (AvgIpc) is 2.75. The summed E-state index contributed by atoms with van der Waals surface area (Å²) in [5, 5.41) is 0. The second-order valence-corrected chi connectivity index (χ2v) is 7.02. The fraction of sp³-hybridized carbons (Fsp3) is 0.650. The minimum atomic E-state index is -0.492. The smallest absolute Gasteiger partial charge is 0.237 e. The normalized spacial score (nSPS) is 16.7. The summed E-state index contributed by atoms with van der Waals surface area (Å²) >= 11 is 0. The average molecular weight is 334 g/mol. The van der Waals surface area contributed by atoms with Gasteiger partial charge in [0.05, 0.1) is 5.41 Å². The summed E-state index contributed by atoms with van der Waals surface area (Å²) in [5.74, 6) is 0.179. The highest BCUT2D eigenvalue weighted by Gasteiger charge is 2.45. The molecule has 24 heavy (non-hydrogen) atoms. The Morgan fingerprint density at radius 2 is 1.88 bits per heavy atom. The van der Waals surface area contributed by atoms with E-state index in [0.717, 1.165) is 42.9 Å². The number of anilines is 2. The molecule has 1 aromatic carbocycles. The molecule has 1 aliphatic heterocycles. The third kappa shape index (κ3) is 4.10. The van der Waals surface area contributed by atoms with Gasteiger partial charge in [-0.3, -0.25) is 4.79 Å². The first-order valence-corrected chi connectivity index (χ1v) is 9.21. The van der Waals surface area contributed by atoms with Gasteiger partial charge in [0.1, 0.15) is 0 Å². The van der Waals surface area contributed by atoms with Gasteiger partial charge in [-0.05, 0) is 77.5 Å². The number of carbonyl (C=O) groups excluding carboxylic acids is 1. The molecule has 1 aliphatic rings. The zero-order valence-electron chi connectivity index (χ0n) is 16.5. The third-order valence-electron chi connectivity index (χ3n) is 4.68. The predicted octanol–water partition coefficient (Wildman–Crippen LogP) is 4.04. The molecular formula is C20H35N3O. The molecule has 136 valence electrons. The van der Waals surface area contributed by atoms with Crippen LogP contribution in [0.15, 0.2) is 18.2 Å². The molecule has 4 nitrogen and oxygen atoms in total. The highest BCUT2D eigenvalue weighted by atomic mass is 16.2. The van der Waals surface area contributed by atoms with E-state index < -0.39 is 5.41 Å². The number of fused-ring (bicyclic) bond motifs is 1. The van der Waals surface area contributed by atoms with Gasteiger partial charge < -0.3 is 15.5 Å². The molecule has 1 heterocycles. The highest BCUT2D eigenvalue weighted by Crippen LogP contribution is 2.43. The molecular weight excluding hydrogens is 298 g/mol. The topological polar surface area (TPSA) is 49.6 Å². The summed E-state index contributed by atoms with van der Waals surface area (Å²) in [4.78, 5) is 17.2. The van der Waals surface area contributed by atoms with Crippen LogP contribution in [0.2, 0.25) is 0 Å². The summed E-state index contributed by atoms with van der Waals surface area (Å²) in [7, 11) is 2.14. The molecule has 1 amide bonds. The van der Waals surface area contributed by atoms with E-state index >= 15 is 0 Å². The van der Waals surface area contributed by atoms with Gasteiger partial charge in [0.25, 0.3) is 0 Å². The summed E-state index contributed by atoms with van der Waals surface area (Å²) in [6.07, 6.45) is 2.13. The molecule has 0 aliphatic carbocycles. The number of carbonyl (C=O) groups is 1. The van der Waals surface area contributed by atoms with Gasteiger partial charge in [-0.15, -0.1) is 0 Å². The van der Waals surface area contributed by atoms with Crippen molar-refractivity contribution in [3.8, 4) is 0 Å². The van der Waals surface area contributed by atoms with Gasteiger partial charge in [-0.1, -0.05) is 20.8 Å². The Hall–Kier alpha value is -1.55. The van der Waals surface area contributed by atoms with Crippen molar-refractivity contribution in [2.75, 3.05) is 30.8 Å². The largest absolute Gasteiger partial charge is 0.399 e. The molecule has 0 aromatic heterocycles. The number of hydrogen-bond acceptors (Lipinski definition) is 3. The van der Waals surface area contributed by atoms with Crippen molar-refractivity contribution in [1.29, 1.82) is 0 Å². The maximum Gasteiger partial charge on any atom is 0.237 e. The predicted molar refractivity (Wildman–Crippen MR) is 105 cm³/mol.